The fraction of sp³-hybridized carbons (Fsp3) is 0.500. The summed E-state index contributed by atoms with van der Waals surface area (Å²) < 4.78 is 2.24. The fourth-order valence-corrected chi connectivity index (χ4v) is 3.23. The standard InChI is InChI=1S/C14H20N4OS2/c1-4-6-9(2)15-13(19)10(3)18-12(16-17-14(18)20)11-7-5-8-21-11/h5,7-10H,4,6H2,1-3H3,(H,15,19)(H,17,20)/t9-,10-/m0/s1. The number of thiophene rings is 1. The van der Waals surface area contributed by atoms with Gasteiger partial charge in [0.05, 0.1) is 4.88 Å². The molecule has 0 aliphatic heterocycles. The van der Waals surface area contributed by atoms with Gasteiger partial charge in [-0.15, -0.1) is 11.3 Å². The molecule has 2 aromatic rings. The van der Waals surface area contributed by atoms with Gasteiger partial charge >= 0.3 is 0 Å². The lowest BCUT2D eigenvalue weighted by molar-refractivity contribution is -0.124. The number of hydrogen-bond acceptors (Lipinski definition) is 4. The molecule has 2 heterocycles. The van der Waals surface area contributed by atoms with Crippen LogP contribution in [0, 0.1) is 4.77 Å². The van der Waals surface area contributed by atoms with E-state index in [0.717, 1.165) is 17.7 Å². The molecule has 21 heavy (non-hydrogen) atoms. The van der Waals surface area contributed by atoms with Gasteiger partial charge < -0.3 is 5.32 Å². The Morgan fingerprint density at radius 3 is 2.95 bits per heavy atom. The summed E-state index contributed by atoms with van der Waals surface area (Å²) in [5.41, 5.74) is 0. The molecule has 2 aromatic heterocycles. The molecule has 1 amide bonds. The highest BCUT2D eigenvalue weighted by Gasteiger charge is 2.22. The van der Waals surface area contributed by atoms with Gasteiger partial charge in [-0.05, 0) is 43.9 Å². The topological polar surface area (TPSA) is 62.7 Å². The summed E-state index contributed by atoms with van der Waals surface area (Å²) >= 11 is 6.85. The largest absolute Gasteiger partial charge is 0.352 e. The van der Waals surface area contributed by atoms with Crippen LogP contribution in [-0.2, 0) is 4.79 Å². The van der Waals surface area contributed by atoms with Crippen LogP contribution in [0.25, 0.3) is 10.7 Å². The van der Waals surface area contributed by atoms with Gasteiger partial charge in [0.25, 0.3) is 0 Å². The molecule has 2 N–H and O–H groups in total. The van der Waals surface area contributed by atoms with Gasteiger partial charge in [-0.1, -0.05) is 19.4 Å². The van der Waals surface area contributed by atoms with Crippen LogP contribution in [-0.4, -0.2) is 26.7 Å². The average Bonchev–Trinajstić information content (AvgIpc) is 3.06. The van der Waals surface area contributed by atoms with E-state index >= 15 is 0 Å². The quantitative estimate of drug-likeness (QED) is 0.799. The number of hydrogen-bond donors (Lipinski definition) is 2. The third kappa shape index (κ3) is 3.59. The van der Waals surface area contributed by atoms with Gasteiger partial charge in [-0.2, -0.15) is 5.10 Å². The summed E-state index contributed by atoms with van der Waals surface area (Å²) in [6.45, 7) is 5.96. The van der Waals surface area contributed by atoms with E-state index in [4.69, 9.17) is 12.2 Å². The van der Waals surface area contributed by atoms with Crippen molar-refractivity contribution in [2.24, 2.45) is 0 Å². The Morgan fingerprint density at radius 1 is 1.57 bits per heavy atom. The number of amides is 1. The molecule has 2 rings (SSSR count). The van der Waals surface area contributed by atoms with E-state index in [-0.39, 0.29) is 11.9 Å². The zero-order chi connectivity index (χ0) is 15.4. The van der Waals surface area contributed by atoms with Crippen molar-refractivity contribution in [2.45, 2.75) is 45.7 Å². The minimum atomic E-state index is -0.396. The van der Waals surface area contributed by atoms with Crippen molar-refractivity contribution in [3.63, 3.8) is 0 Å². The minimum Gasteiger partial charge on any atom is -0.352 e. The Bertz CT molecular complexity index is 644. The van der Waals surface area contributed by atoms with E-state index < -0.39 is 6.04 Å². The summed E-state index contributed by atoms with van der Waals surface area (Å²) in [6.07, 6.45) is 2.01. The predicted octanol–water partition coefficient (Wildman–Crippen LogP) is 3.53. The first-order valence-electron chi connectivity index (χ1n) is 7.05. The maximum Gasteiger partial charge on any atom is 0.243 e. The van der Waals surface area contributed by atoms with Crippen molar-refractivity contribution in [3.05, 3.63) is 22.3 Å². The van der Waals surface area contributed by atoms with E-state index in [1.165, 1.54) is 0 Å². The lowest BCUT2D eigenvalue weighted by atomic mass is 10.2. The lowest BCUT2D eigenvalue weighted by Gasteiger charge is -2.18. The third-order valence-corrected chi connectivity index (χ3v) is 4.48. The van der Waals surface area contributed by atoms with Crippen LogP contribution in [0.4, 0.5) is 0 Å². The van der Waals surface area contributed by atoms with Gasteiger partial charge in [-0.25, -0.2) is 0 Å². The predicted molar refractivity (Wildman–Crippen MR) is 87.9 cm³/mol. The zero-order valence-corrected chi connectivity index (χ0v) is 14.1. The van der Waals surface area contributed by atoms with E-state index in [1.54, 1.807) is 15.9 Å². The first-order chi connectivity index (χ1) is 10.0. The van der Waals surface area contributed by atoms with Crippen molar-refractivity contribution in [1.82, 2.24) is 20.1 Å². The molecule has 0 aliphatic rings. The zero-order valence-electron chi connectivity index (χ0n) is 12.4. The number of rotatable bonds is 6. The van der Waals surface area contributed by atoms with Gasteiger partial charge in [0.1, 0.15) is 6.04 Å². The van der Waals surface area contributed by atoms with E-state index in [9.17, 15) is 4.79 Å². The molecule has 0 spiro atoms. The maximum absolute atomic E-state index is 12.4. The molecule has 2 atom stereocenters. The smallest absolute Gasteiger partial charge is 0.243 e. The van der Waals surface area contributed by atoms with Crippen LogP contribution in [0.3, 0.4) is 0 Å². The monoisotopic (exact) mass is 324 g/mol. The van der Waals surface area contributed by atoms with E-state index in [0.29, 0.717) is 10.6 Å². The van der Waals surface area contributed by atoms with Gasteiger partial charge in [0.15, 0.2) is 10.6 Å². The third-order valence-electron chi connectivity index (χ3n) is 3.32. The first-order valence-corrected chi connectivity index (χ1v) is 8.34. The molecule has 7 heteroatoms. The van der Waals surface area contributed by atoms with Crippen molar-refractivity contribution >= 4 is 29.5 Å². The number of nitrogens with zero attached hydrogens (tertiary/aromatic N) is 2. The highest BCUT2D eigenvalue weighted by molar-refractivity contribution is 7.71. The maximum atomic E-state index is 12.4. The van der Waals surface area contributed by atoms with Crippen molar-refractivity contribution in [2.75, 3.05) is 0 Å². The van der Waals surface area contributed by atoms with Crippen LogP contribution in [0.2, 0.25) is 0 Å². The van der Waals surface area contributed by atoms with Crippen LogP contribution >= 0.6 is 23.6 Å². The first kappa shape index (κ1) is 15.9. The number of aromatic amines is 1. The second kappa shape index (κ2) is 7.00. The molecule has 114 valence electrons. The minimum absolute atomic E-state index is 0.0359. The number of aromatic nitrogens is 3. The highest BCUT2D eigenvalue weighted by Crippen LogP contribution is 2.25. The number of H-pyrrole nitrogens is 1. The molecular weight excluding hydrogens is 304 g/mol. The highest BCUT2D eigenvalue weighted by atomic mass is 32.1. The van der Waals surface area contributed by atoms with Crippen LogP contribution in [0.1, 0.15) is 39.7 Å². The Morgan fingerprint density at radius 2 is 2.33 bits per heavy atom. The SMILES string of the molecule is CCC[C@H](C)NC(=O)[C@H](C)n1c(-c2cccs2)n[nH]c1=S. The Kier molecular flexibility index (Phi) is 5.30. The second-order valence-electron chi connectivity index (χ2n) is 5.07. The summed E-state index contributed by atoms with van der Waals surface area (Å²) in [6, 6.07) is 3.69. The molecular formula is C14H20N4OS2. The molecule has 0 aliphatic carbocycles. The molecule has 0 fully saturated rings. The van der Waals surface area contributed by atoms with Crippen molar-refractivity contribution < 1.29 is 4.79 Å². The number of carbonyl (C=O) groups excluding carboxylic acids is 1. The van der Waals surface area contributed by atoms with Crippen LogP contribution < -0.4 is 5.32 Å². The second-order valence-corrected chi connectivity index (χ2v) is 6.41. The molecule has 0 radical (unpaired) electrons. The lowest BCUT2D eigenvalue weighted by Crippen LogP contribution is -2.37. The molecule has 5 nitrogen and oxygen atoms in total. The average molecular weight is 324 g/mol. The van der Waals surface area contributed by atoms with E-state index in [2.05, 4.69) is 22.4 Å². The summed E-state index contributed by atoms with van der Waals surface area (Å²) in [4.78, 5) is 13.4. The number of nitrogens with one attached hydrogen (secondary N) is 2. The summed E-state index contributed by atoms with van der Waals surface area (Å²) in [7, 11) is 0. The van der Waals surface area contributed by atoms with Crippen molar-refractivity contribution in [1.29, 1.82) is 0 Å². The molecule has 0 saturated heterocycles. The molecule has 0 aromatic carbocycles. The Balaban J connectivity index is 2.23. The normalized spacial score (nSPS) is 13.9. The summed E-state index contributed by atoms with van der Waals surface area (Å²) in [5.74, 6) is 0.673. The van der Waals surface area contributed by atoms with Gasteiger partial charge in [-0.3, -0.25) is 14.5 Å². The fourth-order valence-electron chi connectivity index (χ4n) is 2.23. The van der Waals surface area contributed by atoms with Crippen LogP contribution in [0.15, 0.2) is 17.5 Å². The molecule has 0 bridgehead atoms. The summed E-state index contributed by atoms with van der Waals surface area (Å²) in [5, 5.41) is 12.0. The Labute approximate surface area is 133 Å². The molecule has 0 saturated carbocycles. The van der Waals surface area contributed by atoms with E-state index in [1.807, 2.05) is 31.4 Å². The van der Waals surface area contributed by atoms with Gasteiger partial charge in [0.2, 0.25) is 5.91 Å². The van der Waals surface area contributed by atoms with Crippen molar-refractivity contribution in [3.8, 4) is 10.7 Å². The van der Waals surface area contributed by atoms with Gasteiger partial charge in [0, 0.05) is 6.04 Å². The Hall–Kier alpha value is -1.47. The number of carbonyl (C=O) groups is 1. The molecule has 0 unspecified atom stereocenters. The van der Waals surface area contributed by atoms with Crippen LogP contribution in [0.5, 0.6) is 0 Å².